The van der Waals surface area contributed by atoms with Crippen molar-refractivity contribution in [1.29, 1.82) is 0 Å². The molecule has 7 nitrogen and oxygen atoms in total. The molecule has 0 aromatic heterocycles. The van der Waals surface area contributed by atoms with E-state index in [9.17, 15) is 12.6 Å². The summed E-state index contributed by atoms with van der Waals surface area (Å²) in [6, 6.07) is 0. The molecule has 90 valence electrons. The van der Waals surface area contributed by atoms with E-state index in [2.05, 4.69) is 9.19 Å². The van der Waals surface area contributed by atoms with Gasteiger partial charge in [0, 0.05) is 0 Å². The summed E-state index contributed by atoms with van der Waals surface area (Å²) in [6.45, 7) is 1.31. The summed E-state index contributed by atoms with van der Waals surface area (Å²) in [6.07, 6.45) is 4.17. The van der Waals surface area contributed by atoms with Gasteiger partial charge in [-0.05, 0) is 0 Å². The van der Waals surface area contributed by atoms with E-state index in [4.69, 9.17) is 11.0 Å². The van der Waals surface area contributed by atoms with Gasteiger partial charge in [0.1, 0.15) is 0 Å². The fraction of sp³-hybridized carbons (Fsp3) is 0.375. The van der Waals surface area contributed by atoms with Crippen LogP contribution in [-0.2, 0) is 12.4 Å². The van der Waals surface area contributed by atoms with Gasteiger partial charge in [-0.2, -0.15) is 0 Å². The van der Waals surface area contributed by atoms with Gasteiger partial charge in [-0.1, -0.05) is 0 Å². The number of carbonyl (C=O) groups is 1. The Bertz CT molecular complexity index is 405. The van der Waals surface area contributed by atoms with E-state index in [0.717, 1.165) is 0 Å². The van der Waals surface area contributed by atoms with Crippen LogP contribution < -0.4 is 11.1 Å². The van der Waals surface area contributed by atoms with E-state index in [1.165, 1.54) is 19.1 Å². The number of nitrogens with one attached hydrogen (secondary N) is 1. The first-order chi connectivity index (χ1) is 7.31. The number of nitrogens with two attached hydrogens (primary N) is 1. The van der Waals surface area contributed by atoms with Crippen molar-refractivity contribution < 1.29 is 21.8 Å². The quantitative estimate of drug-likeness (QED) is 0.302. The van der Waals surface area contributed by atoms with Crippen molar-refractivity contribution in [2.24, 2.45) is 5.73 Å². The Morgan fingerprint density at radius 2 is 2.38 bits per heavy atom. The summed E-state index contributed by atoms with van der Waals surface area (Å²) in [7, 11) is 0. The SMILES string of the molecule is CC(=O)NC1=CC=CC(N)([As](=O)(O)OO)C1. The number of allylic oxidation sites excluding steroid dienone is 2. The predicted octanol–water partition coefficient (Wildman–Crippen LogP) is -0.946. The fourth-order valence-corrected chi connectivity index (χ4v) is 3.01. The van der Waals surface area contributed by atoms with Gasteiger partial charge in [-0.3, -0.25) is 0 Å². The van der Waals surface area contributed by atoms with E-state index in [1.807, 2.05) is 0 Å². The Morgan fingerprint density at radius 3 is 2.88 bits per heavy atom. The summed E-state index contributed by atoms with van der Waals surface area (Å²) < 4.78 is 22.8. The van der Waals surface area contributed by atoms with E-state index < -0.39 is 18.5 Å². The van der Waals surface area contributed by atoms with Crippen molar-refractivity contribution in [1.82, 2.24) is 5.32 Å². The molecule has 2 unspecified atom stereocenters. The molecule has 0 saturated carbocycles. The first kappa shape index (κ1) is 13.2. The van der Waals surface area contributed by atoms with Crippen molar-refractivity contribution >= 4 is 20.1 Å². The number of rotatable bonds is 3. The van der Waals surface area contributed by atoms with Crippen molar-refractivity contribution in [3.8, 4) is 0 Å². The Morgan fingerprint density at radius 1 is 1.75 bits per heavy atom. The maximum absolute atomic E-state index is 11.5. The summed E-state index contributed by atoms with van der Waals surface area (Å²) in [5.41, 5.74) is 6.06. The van der Waals surface area contributed by atoms with Crippen LogP contribution in [0.15, 0.2) is 23.9 Å². The molecule has 0 heterocycles. The van der Waals surface area contributed by atoms with Gasteiger partial charge >= 0.3 is 94.5 Å². The molecule has 1 amide bonds. The molecule has 16 heavy (non-hydrogen) atoms. The normalized spacial score (nSPS) is 28.1. The molecule has 1 rings (SSSR count). The topological polar surface area (TPSA) is 122 Å². The average Bonchev–Trinajstić information content (AvgIpc) is 2.16. The molecule has 8 heteroatoms. The molecule has 0 aromatic rings. The standard InChI is InChI=1S/C8H13AsN2O5/c1-6(12)11-7-3-2-4-8(10,5-7)9(13,14)16-15/h2-4,15H,5,10H2,1H3,(H,11,12)(H,13,14). The monoisotopic (exact) mass is 292 g/mol. The Kier molecular flexibility index (Phi) is 3.77. The minimum atomic E-state index is -5.05. The molecule has 0 bridgehead atoms. The van der Waals surface area contributed by atoms with Crippen LogP contribution in [0.2, 0.25) is 0 Å². The third kappa shape index (κ3) is 2.63. The van der Waals surface area contributed by atoms with Gasteiger partial charge in [0.2, 0.25) is 0 Å². The summed E-state index contributed by atoms with van der Waals surface area (Å²) in [5.74, 6) is -0.311. The van der Waals surface area contributed by atoms with Crippen LogP contribution in [0.1, 0.15) is 13.3 Å². The first-order valence-corrected chi connectivity index (χ1v) is 7.72. The molecule has 5 N–H and O–H groups in total. The first-order valence-electron chi connectivity index (χ1n) is 4.42. The number of carbonyl (C=O) groups excluding carboxylic acids is 1. The van der Waals surface area contributed by atoms with Gasteiger partial charge in [0.15, 0.2) is 0 Å². The van der Waals surface area contributed by atoms with E-state index in [0.29, 0.717) is 5.70 Å². The Hall–Kier alpha value is -0.852. The van der Waals surface area contributed by atoms with E-state index in [-0.39, 0.29) is 12.3 Å². The summed E-state index contributed by atoms with van der Waals surface area (Å²) in [5, 5.41) is 10.8. The van der Waals surface area contributed by atoms with E-state index >= 15 is 0 Å². The maximum atomic E-state index is 11.5. The second kappa shape index (κ2) is 4.56. The van der Waals surface area contributed by atoms with Crippen LogP contribution in [0, 0.1) is 0 Å². The molecule has 0 radical (unpaired) electrons. The molecular formula is C8H13AsN2O5. The molecule has 1 aliphatic carbocycles. The van der Waals surface area contributed by atoms with Crippen LogP contribution in [-0.4, -0.2) is 33.8 Å². The average molecular weight is 292 g/mol. The molecule has 0 fully saturated rings. The third-order valence-corrected chi connectivity index (χ3v) is 5.45. The van der Waals surface area contributed by atoms with Gasteiger partial charge in [0.25, 0.3) is 0 Å². The Labute approximate surface area is 94.9 Å². The van der Waals surface area contributed by atoms with Crippen LogP contribution in [0.5, 0.6) is 0 Å². The number of amides is 1. The van der Waals surface area contributed by atoms with Gasteiger partial charge in [0.05, 0.1) is 0 Å². The molecule has 0 aliphatic heterocycles. The summed E-state index contributed by atoms with van der Waals surface area (Å²) in [4.78, 5) is 10.8. The van der Waals surface area contributed by atoms with Crippen molar-refractivity contribution in [2.45, 2.75) is 17.7 Å². The zero-order valence-electron chi connectivity index (χ0n) is 8.58. The molecule has 2 atom stereocenters. The second-order valence-corrected chi connectivity index (χ2v) is 7.78. The van der Waals surface area contributed by atoms with E-state index in [1.54, 1.807) is 6.08 Å². The Balaban J connectivity index is 2.91. The minimum absolute atomic E-state index is 0.0867. The second-order valence-electron chi connectivity index (χ2n) is 3.50. The number of hydrogen-bond donors (Lipinski definition) is 4. The van der Waals surface area contributed by atoms with Gasteiger partial charge in [-0.25, -0.2) is 0 Å². The van der Waals surface area contributed by atoms with Crippen LogP contribution in [0.4, 0.5) is 0 Å². The zero-order chi connectivity index (χ0) is 12.4. The van der Waals surface area contributed by atoms with Crippen LogP contribution in [0.25, 0.3) is 0 Å². The molecule has 0 aromatic carbocycles. The van der Waals surface area contributed by atoms with Gasteiger partial charge in [-0.15, -0.1) is 0 Å². The molecule has 0 saturated heterocycles. The fourth-order valence-electron chi connectivity index (χ4n) is 1.34. The van der Waals surface area contributed by atoms with Crippen LogP contribution >= 0.6 is 0 Å². The summed E-state index contributed by atoms with van der Waals surface area (Å²) >= 11 is -5.05. The predicted molar refractivity (Wildman–Crippen MR) is 54.9 cm³/mol. The van der Waals surface area contributed by atoms with Crippen molar-refractivity contribution in [3.05, 3.63) is 23.9 Å². The van der Waals surface area contributed by atoms with Crippen LogP contribution in [0.3, 0.4) is 0 Å². The van der Waals surface area contributed by atoms with Gasteiger partial charge < -0.3 is 0 Å². The zero-order valence-corrected chi connectivity index (χ0v) is 10.5. The molecule has 0 spiro atoms. The van der Waals surface area contributed by atoms with Crippen molar-refractivity contribution in [3.63, 3.8) is 0 Å². The third-order valence-electron chi connectivity index (χ3n) is 2.13. The number of hydrogen-bond acceptors (Lipinski definition) is 5. The molecule has 1 aliphatic rings. The van der Waals surface area contributed by atoms with Crippen molar-refractivity contribution in [2.75, 3.05) is 0 Å². The molecular weight excluding hydrogens is 279 g/mol.